The highest BCUT2D eigenvalue weighted by Crippen LogP contribution is 2.26. The lowest BCUT2D eigenvalue weighted by Crippen LogP contribution is -2.15. The number of benzene rings is 1. The van der Waals surface area contributed by atoms with Crippen LogP contribution in [-0.2, 0) is 13.0 Å². The van der Waals surface area contributed by atoms with Gasteiger partial charge in [-0.25, -0.2) is 0 Å². The van der Waals surface area contributed by atoms with Gasteiger partial charge in [0.25, 0.3) is 0 Å². The van der Waals surface area contributed by atoms with E-state index < -0.39 is 0 Å². The Kier molecular flexibility index (Phi) is 3.97. The molecule has 3 nitrogen and oxygen atoms in total. The van der Waals surface area contributed by atoms with Crippen molar-refractivity contribution in [3.05, 3.63) is 53.9 Å². The third-order valence-electron chi connectivity index (χ3n) is 3.58. The van der Waals surface area contributed by atoms with Crippen molar-refractivity contribution in [3.63, 3.8) is 0 Å². The molecule has 1 saturated carbocycles. The first-order valence-corrected chi connectivity index (χ1v) is 7.28. The Morgan fingerprint density at radius 1 is 1.20 bits per heavy atom. The second-order valence-electron chi connectivity index (χ2n) is 5.24. The summed E-state index contributed by atoms with van der Waals surface area (Å²) in [6, 6.07) is 10.9. The van der Waals surface area contributed by atoms with E-state index in [0.29, 0.717) is 6.04 Å². The van der Waals surface area contributed by atoms with Crippen LogP contribution >= 0.6 is 0 Å². The van der Waals surface area contributed by atoms with Crippen LogP contribution in [-0.4, -0.2) is 11.0 Å². The van der Waals surface area contributed by atoms with Crippen LogP contribution in [0, 0.1) is 0 Å². The molecule has 1 fully saturated rings. The molecule has 1 aromatic heterocycles. The number of nitrogens with one attached hydrogen (secondary N) is 1. The maximum Gasteiger partial charge on any atom is 0.134 e. The predicted octanol–water partition coefficient (Wildman–Crippen LogP) is 3.69. The van der Waals surface area contributed by atoms with Crippen LogP contribution in [0.3, 0.4) is 0 Å². The number of hydrogen-bond donors (Lipinski definition) is 1. The summed E-state index contributed by atoms with van der Waals surface area (Å²) in [5, 5.41) is 3.50. The van der Waals surface area contributed by atoms with Crippen LogP contribution in [0.25, 0.3) is 0 Å². The molecule has 3 rings (SSSR count). The molecule has 1 aliphatic rings. The molecule has 1 aliphatic carbocycles. The minimum absolute atomic E-state index is 0.687. The van der Waals surface area contributed by atoms with Gasteiger partial charge in [-0.15, -0.1) is 0 Å². The van der Waals surface area contributed by atoms with Gasteiger partial charge in [0, 0.05) is 30.5 Å². The largest absolute Gasteiger partial charge is 0.457 e. The summed E-state index contributed by atoms with van der Waals surface area (Å²) in [4.78, 5) is 4.19. The summed E-state index contributed by atoms with van der Waals surface area (Å²) in [5.74, 6) is 1.76. The molecule has 3 heteroatoms. The smallest absolute Gasteiger partial charge is 0.134 e. The van der Waals surface area contributed by atoms with Gasteiger partial charge < -0.3 is 10.1 Å². The molecule has 0 aliphatic heterocycles. The molecule has 104 valence electrons. The lowest BCUT2D eigenvalue weighted by atomic mass is 10.2. The molecule has 0 spiro atoms. The highest BCUT2D eigenvalue weighted by Gasteiger charge is 2.20. The van der Waals surface area contributed by atoms with Crippen LogP contribution in [0.5, 0.6) is 11.5 Å². The molecule has 0 saturated heterocycles. The van der Waals surface area contributed by atoms with E-state index in [2.05, 4.69) is 29.4 Å². The maximum atomic E-state index is 5.98. The van der Waals surface area contributed by atoms with Crippen molar-refractivity contribution in [1.29, 1.82) is 0 Å². The Labute approximate surface area is 120 Å². The van der Waals surface area contributed by atoms with E-state index in [4.69, 9.17) is 4.74 Å². The molecule has 1 N–H and O–H groups in total. The SMILES string of the molecule is CCc1ccc(Oc2ccncc2CNC2CC2)cc1. The fourth-order valence-electron chi connectivity index (χ4n) is 2.11. The van der Waals surface area contributed by atoms with Crippen molar-refractivity contribution in [2.24, 2.45) is 0 Å². The minimum Gasteiger partial charge on any atom is -0.457 e. The fraction of sp³-hybridized carbons (Fsp3) is 0.353. The van der Waals surface area contributed by atoms with Crippen molar-refractivity contribution < 1.29 is 4.74 Å². The van der Waals surface area contributed by atoms with E-state index in [1.165, 1.54) is 18.4 Å². The number of pyridine rings is 1. The van der Waals surface area contributed by atoms with Gasteiger partial charge in [0.2, 0.25) is 0 Å². The summed E-state index contributed by atoms with van der Waals surface area (Å²) in [6.45, 7) is 2.97. The number of rotatable bonds is 6. The first-order chi connectivity index (χ1) is 9.85. The standard InChI is InChI=1S/C17H20N2O/c1-2-13-3-7-16(8-4-13)20-17-9-10-18-11-14(17)12-19-15-5-6-15/h3-4,7-11,15,19H,2,5-6,12H2,1H3. The van der Waals surface area contributed by atoms with E-state index in [9.17, 15) is 0 Å². The molecule has 0 radical (unpaired) electrons. The van der Waals surface area contributed by atoms with E-state index in [1.54, 1.807) is 6.20 Å². The maximum absolute atomic E-state index is 5.98. The average Bonchev–Trinajstić information content (AvgIpc) is 3.31. The number of aromatic nitrogens is 1. The van der Waals surface area contributed by atoms with Crippen LogP contribution in [0.15, 0.2) is 42.7 Å². The van der Waals surface area contributed by atoms with E-state index in [0.717, 1.165) is 30.0 Å². The summed E-state index contributed by atoms with van der Waals surface area (Å²) in [7, 11) is 0. The van der Waals surface area contributed by atoms with Crippen molar-refractivity contribution >= 4 is 0 Å². The molecule has 0 amide bonds. The molecule has 0 unspecified atom stereocenters. The molecular formula is C17H20N2O. The quantitative estimate of drug-likeness (QED) is 0.867. The van der Waals surface area contributed by atoms with Gasteiger partial charge in [-0.05, 0) is 43.0 Å². The summed E-state index contributed by atoms with van der Waals surface area (Å²) < 4.78 is 5.98. The average molecular weight is 268 g/mol. The highest BCUT2D eigenvalue weighted by atomic mass is 16.5. The van der Waals surface area contributed by atoms with Crippen LogP contribution in [0.2, 0.25) is 0 Å². The molecule has 1 aromatic carbocycles. The Bertz CT molecular complexity index is 561. The first-order valence-electron chi connectivity index (χ1n) is 7.28. The Morgan fingerprint density at radius 2 is 2.00 bits per heavy atom. The Hall–Kier alpha value is -1.87. The highest BCUT2D eigenvalue weighted by molar-refractivity contribution is 5.36. The zero-order valence-electron chi connectivity index (χ0n) is 11.8. The zero-order chi connectivity index (χ0) is 13.8. The summed E-state index contributed by atoms with van der Waals surface area (Å²) >= 11 is 0. The topological polar surface area (TPSA) is 34.1 Å². The van der Waals surface area contributed by atoms with Gasteiger partial charge in [-0.3, -0.25) is 4.98 Å². The molecule has 0 atom stereocenters. The lowest BCUT2D eigenvalue weighted by Gasteiger charge is -2.11. The van der Waals surface area contributed by atoms with E-state index >= 15 is 0 Å². The van der Waals surface area contributed by atoms with Crippen LogP contribution in [0.4, 0.5) is 0 Å². The van der Waals surface area contributed by atoms with Crippen LogP contribution < -0.4 is 10.1 Å². The predicted molar refractivity (Wildman–Crippen MR) is 80.0 cm³/mol. The van der Waals surface area contributed by atoms with E-state index in [1.807, 2.05) is 24.4 Å². The third kappa shape index (κ3) is 3.36. The van der Waals surface area contributed by atoms with Gasteiger partial charge >= 0.3 is 0 Å². The van der Waals surface area contributed by atoms with Crippen LogP contribution in [0.1, 0.15) is 30.9 Å². The molecular weight excluding hydrogens is 248 g/mol. The Balaban J connectivity index is 1.71. The number of ether oxygens (including phenoxy) is 1. The van der Waals surface area contributed by atoms with E-state index in [-0.39, 0.29) is 0 Å². The number of nitrogens with zero attached hydrogens (tertiary/aromatic N) is 1. The summed E-state index contributed by atoms with van der Waals surface area (Å²) in [5.41, 5.74) is 2.43. The van der Waals surface area contributed by atoms with Crippen molar-refractivity contribution in [1.82, 2.24) is 10.3 Å². The van der Waals surface area contributed by atoms with Gasteiger partial charge in [-0.2, -0.15) is 0 Å². The number of aryl methyl sites for hydroxylation is 1. The molecule has 0 bridgehead atoms. The van der Waals surface area contributed by atoms with Crippen molar-refractivity contribution in [2.45, 2.75) is 38.8 Å². The number of hydrogen-bond acceptors (Lipinski definition) is 3. The summed E-state index contributed by atoms with van der Waals surface area (Å²) in [6.07, 6.45) is 7.28. The van der Waals surface area contributed by atoms with Crippen molar-refractivity contribution in [3.8, 4) is 11.5 Å². The fourth-order valence-corrected chi connectivity index (χ4v) is 2.11. The zero-order valence-corrected chi connectivity index (χ0v) is 11.8. The second-order valence-corrected chi connectivity index (χ2v) is 5.24. The van der Waals surface area contributed by atoms with Crippen molar-refractivity contribution in [2.75, 3.05) is 0 Å². The van der Waals surface area contributed by atoms with Gasteiger partial charge in [0.1, 0.15) is 11.5 Å². The lowest BCUT2D eigenvalue weighted by molar-refractivity contribution is 0.471. The normalized spacial score (nSPS) is 14.2. The van der Waals surface area contributed by atoms with Gasteiger partial charge in [0.05, 0.1) is 0 Å². The monoisotopic (exact) mass is 268 g/mol. The first kappa shape index (κ1) is 13.1. The molecule has 20 heavy (non-hydrogen) atoms. The van der Waals surface area contributed by atoms with Gasteiger partial charge in [0.15, 0.2) is 0 Å². The Morgan fingerprint density at radius 3 is 2.70 bits per heavy atom. The second kappa shape index (κ2) is 6.06. The minimum atomic E-state index is 0.687. The molecule has 2 aromatic rings. The van der Waals surface area contributed by atoms with Gasteiger partial charge in [-0.1, -0.05) is 19.1 Å². The third-order valence-corrected chi connectivity index (χ3v) is 3.58. The molecule has 1 heterocycles.